The zero-order valence-corrected chi connectivity index (χ0v) is 23.2. The number of aryl methyl sites for hydroxylation is 1. The molecule has 0 aliphatic carbocycles. The van der Waals surface area contributed by atoms with Crippen molar-refractivity contribution in [1.82, 2.24) is 14.3 Å². The van der Waals surface area contributed by atoms with Gasteiger partial charge in [-0.1, -0.05) is 36.1 Å². The lowest BCUT2D eigenvalue weighted by atomic mass is 10.1. The highest BCUT2D eigenvalue weighted by atomic mass is 32.2. The number of rotatable bonds is 9. The number of carbonyl (C=O) groups is 1. The largest absolute Gasteiger partial charge is 0.493 e. The van der Waals surface area contributed by atoms with Crippen molar-refractivity contribution in [1.29, 1.82) is 0 Å². The number of nitrogens with zero attached hydrogens (tertiary/aromatic N) is 3. The van der Waals surface area contributed by atoms with Crippen LogP contribution in [0.5, 0.6) is 11.5 Å². The summed E-state index contributed by atoms with van der Waals surface area (Å²) in [6, 6.07) is 12.9. The van der Waals surface area contributed by atoms with Crippen molar-refractivity contribution in [2.24, 2.45) is 0 Å². The number of furan rings is 1. The number of thiocarbonyl (C=S) groups is 1. The normalized spacial score (nSPS) is 14.4. The summed E-state index contributed by atoms with van der Waals surface area (Å²) < 4.78 is 18.0. The number of hydrogen-bond acceptors (Lipinski definition) is 9. The van der Waals surface area contributed by atoms with Crippen molar-refractivity contribution in [2.75, 3.05) is 26.1 Å². The molecule has 39 heavy (non-hydrogen) atoms. The third-order valence-electron chi connectivity index (χ3n) is 6.24. The molecule has 4 heterocycles. The first-order valence-corrected chi connectivity index (χ1v) is 13.4. The Bertz CT molecular complexity index is 1650. The van der Waals surface area contributed by atoms with Crippen molar-refractivity contribution in [3.63, 3.8) is 0 Å². The molecule has 0 atom stereocenters. The second-order valence-electron chi connectivity index (χ2n) is 8.82. The first-order chi connectivity index (χ1) is 18.9. The van der Waals surface area contributed by atoms with Crippen LogP contribution in [0.25, 0.3) is 11.7 Å². The molecule has 5 rings (SSSR count). The van der Waals surface area contributed by atoms with Gasteiger partial charge >= 0.3 is 0 Å². The SMILES string of the molecule is COc1ccc(CCN2C(=O)C(=Cc3c(NCc4ccco4)nc4ccc(C)cn4c3=O)SC2=S)cc1OC. The summed E-state index contributed by atoms with van der Waals surface area (Å²) >= 11 is 6.70. The van der Waals surface area contributed by atoms with Crippen molar-refractivity contribution in [2.45, 2.75) is 19.9 Å². The highest BCUT2D eigenvalue weighted by molar-refractivity contribution is 8.26. The summed E-state index contributed by atoms with van der Waals surface area (Å²) in [6.07, 6.45) is 5.45. The summed E-state index contributed by atoms with van der Waals surface area (Å²) in [4.78, 5) is 33.5. The number of thioether (sulfide) groups is 1. The number of fused-ring (bicyclic) bond motifs is 1. The minimum Gasteiger partial charge on any atom is -0.493 e. The Morgan fingerprint density at radius 3 is 2.69 bits per heavy atom. The van der Waals surface area contributed by atoms with E-state index in [9.17, 15) is 9.59 Å². The second-order valence-corrected chi connectivity index (χ2v) is 10.5. The van der Waals surface area contributed by atoms with Gasteiger partial charge in [0.05, 0.1) is 37.5 Å². The number of ether oxygens (including phenoxy) is 2. The topological polar surface area (TPSA) is 98.3 Å². The van der Waals surface area contributed by atoms with E-state index >= 15 is 0 Å². The summed E-state index contributed by atoms with van der Waals surface area (Å²) in [6.45, 7) is 2.61. The van der Waals surface area contributed by atoms with Gasteiger partial charge in [-0.15, -0.1) is 0 Å². The predicted molar refractivity (Wildman–Crippen MR) is 155 cm³/mol. The molecule has 0 saturated carbocycles. The lowest BCUT2D eigenvalue weighted by Crippen LogP contribution is -2.30. The van der Waals surface area contributed by atoms with Crippen molar-refractivity contribution in [3.8, 4) is 11.5 Å². The Hall–Kier alpha value is -4.09. The maximum Gasteiger partial charge on any atom is 0.267 e. The van der Waals surface area contributed by atoms with Gasteiger partial charge in [0.15, 0.2) is 11.5 Å². The van der Waals surface area contributed by atoms with E-state index in [1.54, 1.807) is 49.8 Å². The monoisotopic (exact) mass is 562 g/mol. The number of hydrogen-bond donors (Lipinski definition) is 1. The standard InChI is InChI=1S/C28H26N4O5S2/c1-17-6-9-24-30-25(29-15-19-5-4-12-37-19)20(26(33)32(24)16-17)14-23-27(34)31(28(38)39-23)11-10-18-7-8-21(35-2)22(13-18)36-3/h4-9,12-14,16,29H,10-11,15H2,1-3H3. The smallest absolute Gasteiger partial charge is 0.267 e. The summed E-state index contributed by atoms with van der Waals surface area (Å²) in [5.41, 5.74) is 2.36. The van der Waals surface area contributed by atoms with Gasteiger partial charge in [0, 0.05) is 12.7 Å². The Labute approximate surface area is 234 Å². The number of carbonyl (C=O) groups excluding carboxylic acids is 1. The van der Waals surface area contributed by atoms with Crippen LogP contribution in [-0.4, -0.2) is 45.3 Å². The third-order valence-corrected chi connectivity index (χ3v) is 7.61. The lowest BCUT2D eigenvalue weighted by molar-refractivity contribution is -0.122. The molecule has 1 fully saturated rings. The molecule has 1 aliphatic rings. The van der Waals surface area contributed by atoms with E-state index in [0.29, 0.717) is 57.5 Å². The van der Waals surface area contributed by atoms with Crippen LogP contribution in [0.3, 0.4) is 0 Å². The third kappa shape index (κ3) is 5.55. The van der Waals surface area contributed by atoms with Crippen molar-refractivity contribution >= 4 is 51.7 Å². The van der Waals surface area contributed by atoms with Gasteiger partial charge in [-0.3, -0.25) is 18.9 Å². The molecule has 1 aliphatic heterocycles. The first-order valence-electron chi connectivity index (χ1n) is 12.1. The molecule has 1 aromatic carbocycles. The van der Waals surface area contributed by atoms with Crippen LogP contribution < -0.4 is 20.3 Å². The number of amides is 1. The van der Waals surface area contributed by atoms with Gasteiger partial charge in [0.1, 0.15) is 21.5 Å². The molecule has 0 unspecified atom stereocenters. The Balaban J connectivity index is 1.43. The molecule has 1 saturated heterocycles. The van der Waals surface area contributed by atoms with Crippen LogP contribution >= 0.6 is 24.0 Å². The average Bonchev–Trinajstić information content (AvgIpc) is 3.55. The number of benzene rings is 1. The average molecular weight is 563 g/mol. The number of methoxy groups -OCH3 is 2. The predicted octanol–water partition coefficient (Wildman–Crippen LogP) is 4.67. The van der Waals surface area contributed by atoms with E-state index in [-0.39, 0.29) is 17.0 Å². The van der Waals surface area contributed by atoms with Gasteiger partial charge in [-0.05, 0) is 60.9 Å². The fourth-order valence-corrected chi connectivity index (χ4v) is 5.50. The number of nitrogens with one attached hydrogen (secondary N) is 1. The zero-order chi connectivity index (χ0) is 27.5. The molecule has 0 bridgehead atoms. The Morgan fingerprint density at radius 2 is 1.95 bits per heavy atom. The van der Waals surface area contributed by atoms with Crippen LogP contribution in [0, 0.1) is 6.92 Å². The van der Waals surface area contributed by atoms with E-state index in [4.69, 9.17) is 26.1 Å². The number of aromatic nitrogens is 2. The molecular weight excluding hydrogens is 536 g/mol. The van der Waals surface area contributed by atoms with Gasteiger partial charge in [-0.2, -0.15) is 0 Å². The maximum absolute atomic E-state index is 13.6. The highest BCUT2D eigenvalue weighted by Crippen LogP contribution is 2.34. The van der Waals surface area contributed by atoms with E-state index in [2.05, 4.69) is 10.3 Å². The van der Waals surface area contributed by atoms with Crippen molar-refractivity contribution < 1.29 is 18.7 Å². The molecule has 1 N–H and O–H groups in total. The summed E-state index contributed by atoms with van der Waals surface area (Å²) in [5, 5.41) is 3.19. The quantitative estimate of drug-likeness (QED) is 0.231. The molecule has 200 valence electrons. The summed E-state index contributed by atoms with van der Waals surface area (Å²) in [5.74, 6) is 2.05. The van der Waals surface area contributed by atoms with Crippen LogP contribution in [0.2, 0.25) is 0 Å². The van der Waals surface area contributed by atoms with E-state index < -0.39 is 0 Å². The maximum atomic E-state index is 13.6. The zero-order valence-electron chi connectivity index (χ0n) is 21.6. The van der Waals surface area contributed by atoms with E-state index in [0.717, 1.165) is 11.1 Å². The minimum absolute atomic E-state index is 0.254. The van der Waals surface area contributed by atoms with Gasteiger partial charge in [0.25, 0.3) is 11.5 Å². The minimum atomic E-state index is -0.291. The molecule has 0 radical (unpaired) electrons. The molecule has 0 spiro atoms. The van der Waals surface area contributed by atoms with Crippen LogP contribution in [0.4, 0.5) is 5.82 Å². The molecule has 11 heteroatoms. The molecular formula is C28H26N4O5S2. The fraction of sp³-hybridized carbons (Fsp3) is 0.214. The lowest BCUT2D eigenvalue weighted by Gasteiger charge is -2.15. The fourth-order valence-electron chi connectivity index (χ4n) is 4.21. The second kappa shape index (κ2) is 11.3. The molecule has 1 amide bonds. The van der Waals surface area contributed by atoms with Crippen LogP contribution in [0.15, 0.2) is 69.0 Å². The molecule has 4 aromatic rings. The Kier molecular flexibility index (Phi) is 7.71. The van der Waals surface area contributed by atoms with Crippen LogP contribution in [-0.2, 0) is 17.8 Å². The summed E-state index contributed by atoms with van der Waals surface area (Å²) in [7, 11) is 3.16. The first kappa shape index (κ1) is 26.5. The van der Waals surface area contributed by atoms with Gasteiger partial charge in [0.2, 0.25) is 0 Å². The van der Waals surface area contributed by atoms with Gasteiger partial charge in [-0.25, -0.2) is 4.98 Å². The van der Waals surface area contributed by atoms with Crippen LogP contribution in [0.1, 0.15) is 22.5 Å². The highest BCUT2D eigenvalue weighted by Gasteiger charge is 2.32. The molecule has 3 aromatic heterocycles. The van der Waals surface area contributed by atoms with Gasteiger partial charge < -0.3 is 19.2 Å². The molecule has 9 nitrogen and oxygen atoms in total. The van der Waals surface area contributed by atoms with Crippen molar-refractivity contribution in [3.05, 3.63) is 92.6 Å². The van der Waals surface area contributed by atoms with E-state index in [1.807, 2.05) is 37.3 Å². The number of anilines is 1. The number of pyridine rings is 1. The van der Waals surface area contributed by atoms with E-state index in [1.165, 1.54) is 16.2 Å². The Morgan fingerprint density at radius 1 is 1.13 bits per heavy atom.